The fraction of sp³-hybridized carbons (Fsp3) is 0.348. The molecule has 146 valence electrons. The number of nitrogens with one attached hydrogen (secondary N) is 1. The third-order valence-electron chi connectivity index (χ3n) is 5.53. The van der Waals surface area contributed by atoms with Crippen LogP contribution in [0.15, 0.2) is 60.0 Å². The third-order valence-corrected chi connectivity index (χ3v) is 6.58. The topological polar surface area (TPSA) is 35.6 Å². The standard InChI is InChI=1S/C23H27N3OS/c1-18(22-10-5-15-28-22)24-16-23(27)26-13-11-25(12-14-26)17-20-8-4-7-19-6-2-3-9-21(19)20/h2-10,15,18,24H,11-14,16-17H2,1H3/t18-/m1/s1. The maximum absolute atomic E-state index is 12.6. The van der Waals surface area contributed by atoms with Crippen molar-refractivity contribution in [3.63, 3.8) is 0 Å². The van der Waals surface area contributed by atoms with Crippen molar-refractivity contribution in [2.24, 2.45) is 0 Å². The summed E-state index contributed by atoms with van der Waals surface area (Å²) in [7, 11) is 0. The van der Waals surface area contributed by atoms with Crippen molar-refractivity contribution in [1.29, 1.82) is 0 Å². The monoisotopic (exact) mass is 393 g/mol. The summed E-state index contributed by atoms with van der Waals surface area (Å²) >= 11 is 1.73. The average Bonchev–Trinajstić information content (AvgIpc) is 3.28. The summed E-state index contributed by atoms with van der Waals surface area (Å²) in [6.45, 7) is 6.92. The van der Waals surface area contributed by atoms with Gasteiger partial charge in [0.25, 0.3) is 0 Å². The van der Waals surface area contributed by atoms with Gasteiger partial charge in [-0.25, -0.2) is 0 Å². The summed E-state index contributed by atoms with van der Waals surface area (Å²) in [4.78, 5) is 18.3. The van der Waals surface area contributed by atoms with E-state index in [2.05, 4.69) is 77.1 Å². The number of hydrogen-bond acceptors (Lipinski definition) is 4. The minimum Gasteiger partial charge on any atom is -0.339 e. The molecular formula is C23H27N3OS. The number of carbonyl (C=O) groups excluding carboxylic acids is 1. The molecule has 2 aromatic carbocycles. The molecule has 4 rings (SSSR count). The van der Waals surface area contributed by atoms with Gasteiger partial charge in [0.15, 0.2) is 0 Å². The molecule has 0 radical (unpaired) electrons. The average molecular weight is 394 g/mol. The molecule has 1 N–H and O–H groups in total. The Morgan fingerprint density at radius 2 is 1.82 bits per heavy atom. The van der Waals surface area contributed by atoms with Crippen molar-refractivity contribution < 1.29 is 4.79 Å². The van der Waals surface area contributed by atoms with E-state index in [1.165, 1.54) is 21.2 Å². The molecule has 0 aliphatic carbocycles. The molecule has 1 aliphatic rings. The maximum Gasteiger partial charge on any atom is 0.236 e. The van der Waals surface area contributed by atoms with Crippen LogP contribution in [-0.4, -0.2) is 48.4 Å². The highest BCUT2D eigenvalue weighted by atomic mass is 32.1. The van der Waals surface area contributed by atoms with E-state index in [1.54, 1.807) is 11.3 Å². The highest BCUT2D eigenvalue weighted by Gasteiger charge is 2.21. The van der Waals surface area contributed by atoms with Crippen LogP contribution in [0.2, 0.25) is 0 Å². The van der Waals surface area contributed by atoms with Gasteiger partial charge in [-0.15, -0.1) is 11.3 Å². The Bertz CT molecular complexity index is 911. The second-order valence-electron chi connectivity index (χ2n) is 7.41. The number of benzene rings is 2. The van der Waals surface area contributed by atoms with Crippen LogP contribution < -0.4 is 5.32 Å². The second kappa shape index (κ2) is 8.86. The summed E-state index contributed by atoms with van der Waals surface area (Å²) in [6, 6.07) is 19.5. The molecule has 0 bridgehead atoms. The normalized spacial score (nSPS) is 16.4. The largest absolute Gasteiger partial charge is 0.339 e. The fourth-order valence-corrected chi connectivity index (χ4v) is 4.58. The van der Waals surface area contributed by atoms with E-state index in [1.807, 2.05) is 4.90 Å². The first-order valence-corrected chi connectivity index (χ1v) is 10.8. The van der Waals surface area contributed by atoms with Crippen LogP contribution in [0, 0.1) is 0 Å². The van der Waals surface area contributed by atoms with Crippen LogP contribution >= 0.6 is 11.3 Å². The maximum atomic E-state index is 12.6. The predicted molar refractivity (Wildman–Crippen MR) is 117 cm³/mol. The summed E-state index contributed by atoms with van der Waals surface area (Å²) in [6.07, 6.45) is 0. The molecule has 4 nitrogen and oxygen atoms in total. The Morgan fingerprint density at radius 1 is 1.04 bits per heavy atom. The van der Waals surface area contributed by atoms with Crippen molar-refractivity contribution >= 4 is 28.0 Å². The van der Waals surface area contributed by atoms with E-state index < -0.39 is 0 Å². The van der Waals surface area contributed by atoms with Gasteiger partial charge in [-0.2, -0.15) is 0 Å². The smallest absolute Gasteiger partial charge is 0.236 e. The molecule has 1 fully saturated rings. The molecular weight excluding hydrogens is 366 g/mol. The molecule has 0 spiro atoms. The Labute approximate surface area is 170 Å². The molecule has 1 saturated heterocycles. The molecule has 28 heavy (non-hydrogen) atoms. The minimum absolute atomic E-state index is 0.202. The molecule has 3 aromatic rings. The number of piperazine rings is 1. The lowest BCUT2D eigenvalue weighted by Gasteiger charge is -2.35. The molecule has 1 amide bonds. The van der Waals surface area contributed by atoms with E-state index in [-0.39, 0.29) is 11.9 Å². The van der Waals surface area contributed by atoms with E-state index >= 15 is 0 Å². The van der Waals surface area contributed by atoms with Gasteiger partial charge >= 0.3 is 0 Å². The zero-order chi connectivity index (χ0) is 19.3. The van der Waals surface area contributed by atoms with Gasteiger partial charge in [-0.1, -0.05) is 48.5 Å². The molecule has 5 heteroatoms. The Kier molecular flexibility index (Phi) is 6.05. The first kappa shape index (κ1) is 19.1. The van der Waals surface area contributed by atoms with Gasteiger partial charge in [0, 0.05) is 43.6 Å². The SMILES string of the molecule is C[C@@H](NCC(=O)N1CCN(Cc2cccc3ccccc23)CC1)c1cccs1. The predicted octanol–water partition coefficient (Wildman–Crippen LogP) is 3.90. The van der Waals surface area contributed by atoms with Gasteiger partial charge in [0.2, 0.25) is 5.91 Å². The van der Waals surface area contributed by atoms with Crippen molar-refractivity contribution in [3.8, 4) is 0 Å². The van der Waals surface area contributed by atoms with E-state index in [0.717, 1.165) is 32.7 Å². The quantitative estimate of drug-likeness (QED) is 0.690. The summed E-state index contributed by atoms with van der Waals surface area (Å²) in [5.74, 6) is 0.202. The van der Waals surface area contributed by atoms with Crippen LogP contribution in [0.3, 0.4) is 0 Å². The summed E-state index contributed by atoms with van der Waals surface area (Å²) in [5, 5.41) is 8.05. The van der Waals surface area contributed by atoms with Crippen molar-refractivity contribution in [3.05, 3.63) is 70.4 Å². The second-order valence-corrected chi connectivity index (χ2v) is 8.39. The first-order valence-electron chi connectivity index (χ1n) is 9.94. The highest BCUT2D eigenvalue weighted by molar-refractivity contribution is 7.10. The van der Waals surface area contributed by atoms with E-state index in [9.17, 15) is 4.79 Å². The molecule has 2 heterocycles. The number of carbonyl (C=O) groups is 1. The minimum atomic E-state index is 0.202. The lowest BCUT2D eigenvalue weighted by molar-refractivity contribution is -0.132. The molecule has 0 saturated carbocycles. The Balaban J connectivity index is 1.28. The summed E-state index contributed by atoms with van der Waals surface area (Å²) in [5.41, 5.74) is 1.37. The molecule has 0 unspecified atom stereocenters. The molecule has 1 aliphatic heterocycles. The van der Waals surface area contributed by atoms with Crippen molar-refractivity contribution in [2.45, 2.75) is 19.5 Å². The number of fused-ring (bicyclic) bond motifs is 1. The van der Waals surface area contributed by atoms with E-state index in [0.29, 0.717) is 6.54 Å². The van der Waals surface area contributed by atoms with Crippen LogP contribution in [0.4, 0.5) is 0 Å². The van der Waals surface area contributed by atoms with Crippen LogP contribution in [0.25, 0.3) is 10.8 Å². The number of nitrogens with zero attached hydrogens (tertiary/aromatic N) is 2. The number of hydrogen-bond donors (Lipinski definition) is 1. The first-order chi connectivity index (χ1) is 13.7. The van der Waals surface area contributed by atoms with E-state index in [4.69, 9.17) is 0 Å². The van der Waals surface area contributed by atoms with Gasteiger partial charge in [-0.05, 0) is 34.7 Å². The van der Waals surface area contributed by atoms with Crippen LogP contribution in [-0.2, 0) is 11.3 Å². The van der Waals surface area contributed by atoms with Crippen molar-refractivity contribution in [2.75, 3.05) is 32.7 Å². The van der Waals surface area contributed by atoms with Gasteiger partial charge in [-0.3, -0.25) is 9.69 Å². The molecule has 1 atom stereocenters. The lowest BCUT2D eigenvalue weighted by Crippen LogP contribution is -2.50. The number of thiophene rings is 1. The van der Waals surface area contributed by atoms with Gasteiger partial charge in [0.05, 0.1) is 6.54 Å². The number of rotatable bonds is 6. The Morgan fingerprint density at radius 3 is 2.61 bits per heavy atom. The summed E-state index contributed by atoms with van der Waals surface area (Å²) < 4.78 is 0. The number of amides is 1. The Hall–Kier alpha value is -2.21. The van der Waals surface area contributed by atoms with Crippen LogP contribution in [0.1, 0.15) is 23.4 Å². The zero-order valence-electron chi connectivity index (χ0n) is 16.3. The highest BCUT2D eigenvalue weighted by Crippen LogP contribution is 2.21. The van der Waals surface area contributed by atoms with Gasteiger partial charge < -0.3 is 10.2 Å². The third kappa shape index (κ3) is 4.43. The van der Waals surface area contributed by atoms with Crippen molar-refractivity contribution in [1.82, 2.24) is 15.1 Å². The lowest BCUT2D eigenvalue weighted by atomic mass is 10.0. The van der Waals surface area contributed by atoms with Gasteiger partial charge in [0.1, 0.15) is 0 Å². The van der Waals surface area contributed by atoms with Crippen LogP contribution in [0.5, 0.6) is 0 Å². The molecule has 1 aromatic heterocycles. The zero-order valence-corrected chi connectivity index (χ0v) is 17.1. The fourth-order valence-electron chi connectivity index (χ4n) is 3.82.